The van der Waals surface area contributed by atoms with Crippen LogP contribution in [0.4, 0.5) is 5.82 Å². The van der Waals surface area contributed by atoms with E-state index in [0.29, 0.717) is 0 Å². The van der Waals surface area contributed by atoms with E-state index in [9.17, 15) is 0 Å². The zero-order valence-electron chi connectivity index (χ0n) is 8.68. The van der Waals surface area contributed by atoms with E-state index in [2.05, 4.69) is 25.6 Å². The Balaban J connectivity index is 2.25. The molecule has 3 heterocycles. The fourth-order valence-corrected chi connectivity index (χ4v) is 1.61. The van der Waals surface area contributed by atoms with Gasteiger partial charge in [0.05, 0.1) is 12.4 Å². The van der Waals surface area contributed by atoms with Crippen LogP contribution in [0, 0.1) is 0 Å². The SMILES string of the molecule is CNc1ccn2ncc(-c3cn[nH]c3)c2n1. The van der Waals surface area contributed by atoms with Crippen LogP contribution in [0.1, 0.15) is 0 Å². The third-order valence-corrected chi connectivity index (χ3v) is 2.43. The highest BCUT2D eigenvalue weighted by atomic mass is 15.2. The topological polar surface area (TPSA) is 70.9 Å². The van der Waals surface area contributed by atoms with Gasteiger partial charge in [-0.25, -0.2) is 9.50 Å². The van der Waals surface area contributed by atoms with Crippen LogP contribution in [-0.2, 0) is 0 Å². The van der Waals surface area contributed by atoms with Gasteiger partial charge in [0.25, 0.3) is 0 Å². The lowest BCUT2D eigenvalue weighted by molar-refractivity contribution is 0.940. The maximum Gasteiger partial charge on any atom is 0.165 e. The van der Waals surface area contributed by atoms with E-state index in [4.69, 9.17) is 0 Å². The van der Waals surface area contributed by atoms with E-state index in [1.54, 1.807) is 16.9 Å². The van der Waals surface area contributed by atoms with Crippen LogP contribution >= 0.6 is 0 Å². The molecule has 0 unspecified atom stereocenters. The summed E-state index contributed by atoms with van der Waals surface area (Å²) in [6.07, 6.45) is 7.24. The summed E-state index contributed by atoms with van der Waals surface area (Å²) in [7, 11) is 1.84. The van der Waals surface area contributed by atoms with Gasteiger partial charge in [-0.05, 0) is 6.07 Å². The molecule has 3 rings (SSSR count). The molecule has 80 valence electrons. The molecular formula is C10H10N6. The van der Waals surface area contributed by atoms with Crippen molar-refractivity contribution in [3.63, 3.8) is 0 Å². The monoisotopic (exact) mass is 214 g/mol. The number of rotatable bonds is 2. The van der Waals surface area contributed by atoms with Crippen molar-refractivity contribution in [2.75, 3.05) is 12.4 Å². The molecule has 3 aromatic rings. The van der Waals surface area contributed by atoms with Gasteiger partial charge in [0.2, 0.25) is 0 Å². The molecule has 0 aliphatic carbocycles. The Morgan fingerprint density at radius 1 is 1.38 bits per heavy atom. The first-order chi connectivity index (χ1) is 7.88. The van der Waals surface area contributed by atoms with Crippen LogP contribution in [0.5, 0.6) is 0 Å². The third kappa shape index (κ3) is 1.23. The van der Waals surface area contributed by atoms with Crippen LogP contribution in [-0.4, -0.2) is 31.8 Å². The van der Waals surface area contributed by atoms with Crippen molar-refractivity contribution in [3.8, 4) is 11.1 Å². The molecule has 0 saturated heterocycles. The van der Waals surface area contributed by atoms with Crippen LogP contribution in [0.3, 0.4) is 0 Å². The molecule has 0 aromatic carbocycles. The fraction of sp³-hybridized carbons (Fsp3) is 0.100. The first-order valence-corrected chi connectivity index (χ1v) is 4.90. The van der Waals surface area contributed by atoms with Gasteiger partial charge in [0, 0.05) is 30.6 Å². The average Bonchev–Trinajstić information content (AvgIpc) is 2.96. The van der Waals surface area contributed by atoms with E-state index < -0.39 is 0 Å². The predicted octanol–water partition coefficient (Wildman–Crippen LogP) is 1.16. The largest absolute Gasteiger partial charge is 0.373 e. The van der Waals surface area contributed by atoms with E-state index in [0.717, 1.165) is 22.6 Å². The van der Waals surface area contributed by atoms with Crippen molar-refractivity contribution in [1.29, 1.82) is 0 Å². The van der Waals surface area contributed by atoms with E-state index in [1.807, 2.05) is 25.5 Å². The minimum absolute atomic E-state index is 0.813. The van der Waals surface area contributed by atoms with Crippen molar-refractivity contribution in [1.82, 2.24) is 24.8 Å². The van der Waals surface area contributed by atoms with Gasteiger partial charge < -0.3 is 5.32 Å². The molecule has 3 aromatic heterocycles. The maximum absolute atomic E-state index is 4.46. The molecule has 6 heteroatoms. The second-order valence-electron chi connectivity index (χ2n) is 3.38. The van der Waals surface area contributed by atoms with E-state index in [-0.39, 0.29) is 0 Å². The highest BCUT2D eigenvalue weighted by molar-refractivity contribution is 5.76. The summed E-state index contributed by atoms with van der Waals surface area (Å²) in [5.41, 5.74) is 2.76. The first-order valence-electron chi connectivity index (χ1n) is 4.90. The fourth-order valence-electron chi connectivity index (χ4n) is 1.61. The highest BCUT2D eigenvalue weighted by Crippen LogP contribution is 2.22. The number of aromatic nitrogens is 5. The van der Waals surface area contributed by atoms with Gasteiger partial charge in [-0.2, -0.15) is 10.2 Å². The van der Waals surface area contributed by atoms with Crippen molar-refractivity contribution in [2.24, 2.45) is 0 Å². The van der Waals surface area contributed by atoms with Crippen molar-refractivity contribution >= 4 is 11.5 Å². The lowest BCUT2D eigenvalue weighted by Crippen LogP contribution is -1.96. The minimum Gasteiger partial charge on any atom is -0.373 e. The number of hydrogen-bond donors (Lipinski definition) is 2. The average molecular weight is 214 g/mol. The Kier molecular flexibility index (Phi) is 1.86. The van der Waals surface area contributed by atoms with Crippen LogP contribution in [0.15, 0.2) is 30.9 Å². The zero-order valence-corrected chi connectivity index (χ0v) is 8.68. The van der Waals surface area contributed by atoms with Gasteiger partial charge >= 0.3 is 0 Å². The Labute approximate surface area is 91.3 Å². The summed E-state index contributed by atoms with van der Waals surface area (Å²) in [4.78, 5) is 4.46. The number of H-pyrrole nitrogens is 1. The predicted molar refractivity (Wildman–Crippen MR) is 60.1 cm³/mol. The lowest BCUT2D eigenvalue weighted by Gasteiger charge is -2.00. The summed E-state index contributed by atoms with van der Waals surface area (Å²) in [5.74, 6) is 0.817. The van der Waals surface area contributed by atoms with Crippen molar-refractivity contribution < 1.29 is 0 Å². The third-order valence-electron chi connectivity index (χ3n) is 2.43. The molecule has 0 aliphatic heterocycles. The Morgan fingerprint density at radius 3 is 3.06 bits per heavy atom. The standard InChI is InChI=1S/C10H10N6/c1-11-9-2-3-16-10(15-9)8(6-14-16)7-4-12-13-5-7/h2-6H,1H3,(H,11,15)(H,12,13). The summed E-state index contributed by atoms with van der Waals surface area (Å²) < 4.78 is 1.74. The van der Waals surface area contributed by atoms with Gasteiger partial charge in [0.1, 0.15) is 5.82 Å². The molecule has 2 N–H and O–H groups in total. The molecular weight excluding hydrogens is 204 g/mol. The normalized spacial score (nSPS) is 10.8. The van der Waals surface area contributed by atoms with Crippen molar-refractivity contribution in [2.45, 2.75) is 0 Å². The van der Waals surface area contributed by atoms with Gasteiger partial charge in [-0.1, -0.05) is 0 Å². The number of fused-ring (bicyclic) bond motifs is 1. The van der Waals surface area contributed by atoms with Gasteiger partial charge in [0.15, 0.2) is 5.65 Å². The molecule has 0 aliphatic rings. The van der Waals surface area contributed by atoms with Crippen molar-refractivity contribution in [3.05, 3.63) is 30.9 Å². The van der Waals surface area contributed by atoms with Crippen LogP contribution in [0.2, 0.25) is 0 Å². The number of nitrogens with zero attached hydrogens (tertiary/aromatic N) is 4. The Morgan fingerprint density at radius 2 is 2.31 bits per heavy atom. The Bertz CT molecular complexity index is 609. The maximum atomic E-state index is 4.46. The molecule has 0 amide bonds. The summed E-state index contributed by atoms with van der Waals surface area (Å²) in [6.45, 7) is 0. The number of aromatic amines is 1. The molecule has 0 spiro atoms. The Hall–Kier alpha value is -2.37. The molecule has 0 atom stereocenters. The highest BCUT2D eigenvalue weighted by Gasteiger charge is 2.08. The summed E-state index contributed by atoms with van der Waals surface area (Å²) >= 11 is 0. The minimum atomic E-state index is 0.813. The summed E-state index contributed by atoms with van der Waals surface area (Å²) in [5, 5.41) is 13.9. The van der Waals surface area contributed by atoms with Crippen LogP contribution in [0.25, 0.3) is 16.8 Å². The molecule has 0 bridgehead atoms. The lowest BCUT2D eigenvalue weighted by atomic mass is 10.2. The molecule has 0 saturated carbocycles. The number of hydrogen-bond acceptors (Lipinski definition) is 4. The van der Waals surface area contributed by atoms with Crippen LogP contribution < -0.4 is 5.32 Å². The van der Waals surface area contributed by atoms with E-state index in [1.165, 1.54) is 0 Å². The second-order valence-corrected chi connectivity index (χ2v) is 3.38. The summed E-state index contributed by atoms with van der Waals surface area (Å²) in [6, 6.07) is 1.87. The van der Waals surface area contributed by atoms with Gasteiger partial charge in [-0.15, -0.1) is 0 Å². The molecule has 16 heavy (non-hydrogen) atoms. The second kappa shape index (κ2) is 3.34. The number of anilines is 1. The molecule has 6 nitrogen and oxygen atoms in total. The number of nitrogens with one attached hydrogen (secondary N) is 2. The quantitative estimate of drug-likeness (QED) is 0.671. The first kappa shape index (κ1) is 8.90. The smallest absolute Gasteiger partial charge is 0.165 e. The molecule has 0 fully saturated rings. The van der Waals surface area contributed by atoms with Gasteiger partial charge in [-0.3, -0.25) is 5.10 Å². The molecule has 0 radical (unpaired) electrons. The zero-order chi connectivity index (χ0) is 11.0. The van der Waals surface area contributed by atoms with E-state index >= 15 is 0 Å².